The molecule has 1 aromatic heterocycles. The van der Waals surface area contributed by atoms with Crippen LogP contribution >= 0.6 is 24.0 Å². The molecule has 0 radical (unpaired) electrons. The molecule has 2 heterocycles. The first-order valence-corrected chi connectivity index (χ1v) is 10.2. The average molecular weight is 516 g/mol. The molecule has 7 nitrogen and oxygen atoms in total. The summed E-state index contributed by atoms with van der Waals surface area (Å²) in [6.45, 7) is 8.98. The number of likely N-dealkylation sites (N-methyl/N-ethyl adjacent to an activating group) is 1. The number of nitrogens with one attached hydrogen (secondary N) is 2. The lowest BCUT2D eigenvalue weighted by atomic mass is 10.1. The van der Waals surface area contributed by atoms with Gasteiger partial charge < -0.3 is 20.4 Å². The number of aliphatic imine (C=N–C) groups is 1. The van der Waals surface area contributed by atoms with Crippen LogP contribution in [-0.4, -0.2) is 61.0 Å². The van der Waals surface area contributed by atoms with Gasteiger partial charge >= 0.3 is 0 Å². The standard InChI is InChI=1S/C21H36N6O.HI/c1-21(2,3)25-19(28)16-26(5)20(22-4)24-15-17-10-11-23-18(14-17)27-12-8-6-7-9-13-27;/h10-11,14H,6-9,12-13,15-16H2,1-5H3,(H,22,24)(H,25,28);1H. The molecule has 8 heteroatoms. The number of amides is 1. The van der Waals surface area contributed by atoms with Crippen molar-refractivity contribution in [2.24, 2.45) is 4.99 Å². The lowest BCUT2D eigenvalue weighted by Gasteiger charge is -2.25. The van der Waals surface area contributed by atoms with Gasteiger partial charge in [-0.25, -0.2) is 4.98 Å². The molecule has 0 spiro atoms. The molecule has 2 N–H and O–H groups in total. The van der Waals surface area contributed by atoms with E-state index in [4.69, 9.17) is 0 Å². The Bertz CT molecular complexity index is 665. The van der Waals surface area contributed by atoms with Crippen molar-refractivity contribution in [2.75, 3.05) is 38.6 Å². The van der Waals surface area contributed by atoms with Crippen LogP contribution in [0.4, 0.5) is 5.82 Å². The number of anilines is 1. The predicted molar refractivity (Wildman–Crippen MR) is 131 cm³/mol. The lowest BCUT2D eigenvalue weighted by Crippen LogP contribution is -2.48. The highest BCUT2D eigenvalue weighted by Gasteiger charge is 2.17. The quantitative estimate of drug-likeness (QED) is 0.358. The average Bonchev–Trinajstić information content (AvgIpc) is 2.90. The molecular weight excluding hydrogens is 479 g/mol. The number of nitrogens with zero attached hydrogens (tertiary/aromatic N) is 4. The molecule has 0 aliphatic carbocycles. The van der Waals surface area contributed by atoms with Crippen molar-refractivity contribution in [1.29, 1.82) is 0 Å². The minimum absolute atomic E-state index is 0. The Morgan fingerprint density at radius 1 is 1.24 bits per heavy atom. The normalized spacial score (nSPS) is 15.2. The van der Waals surface area contributed by atoms with Crippen LogP contribution in [0.25, 0.3) is 0 Å². The molecule has 0 saturated carbocycles. The summed E-state index contributed by atoms with van der Waals surface area (Å²) in [6, 6.07) is 4.17. The van der Waals surface area contributed by atoms with Gasteiger partial charge in [-0.05, 0) is 51.3 Å². The molecular formula is C21H37IN6O. The molecule has 0 unspecified atom stereocenters. The van der Waals surface area contributed by atoms with Gasteiger partial charge in [-0.1, -0.05) is 12.8 Å². The van der Waals surface area contributed by atoms with Gasteiger partial charge in [-0.2, -0.15) is 0 Å². The fraction of sp³-hybridized carbons (Fsp3) is 0.667. The maximum atomic E-state index is 12.2. The second-order valence-electron chi connectivity index (χ2n) is 8.48. The summed E-state index contributed by atoms with van der Waals surface area (Å²) in [4.78, 5) is 25.2. The second kappa shape index (κ2) is 12.2. The van der Waals surface area contributed by atoms with Crippen molar-refractivity contribution in [1.82, 2.24) is 20.5 Å². The second-order valence-corrected chi connectivity index (χ2v) is 8.48. The van der Waals surface area contributed by atoms with Gasteiger partial charge in [-0.3, -0.25) is 9.79 Å². The Kier molecular flexibility index (Phi) is 10.7. The number of hydrogen-bond donors (Lipinski definition) is 2. The molecule has 1 aliphatic heterocycles. The first-order valence-electron chi connectivity index (χ1n) is 10.2. The Hall–Kier alpha value is -1.58. The maximum absolute atomic E-state index is 12.2. The molecule has 0 aromatic carbocycles. The highest BCUT2D eigenvalue weighted by molar-refractivity contribution is 14.0. The summed E-state index contributed by atoms with van der Waals surface area (Å²) >= 11 is 0. The molecule has 2 rings (SSSR count). The first kappa shape index (κ1) is 25.5. The zero-order valence-electron chi connectivity index (χ0n) is 18.5. The van der Waals surface area contributed by atoms with E-state index in [0.717, 1.165) is 24.5 Å². The molecule has 0 atom stereocenters. The van der Waals surface area contributed by atoms with Crippen LogP contribution in [0.1, 0.15) is 52.0 Å². The van der Waals surface area contributed by atoms with Crippen molar-refractivity contribution in [3.63, 3.8) is 0 Å². The van der Waals surface area contributed by atoms with Gasteiger partial charge in [0, 0.05) is 45.5 Å². The summed E-state index contributed by atoms with van der Waals surface area (Å²) in [7, 11) is 3.60. The van der Waals surface area contributed by atoms with Gasteiger partial charge in [0.2, 0.25) is 5.91 Å². The highest BCUT2D eigenvalue weighted by atomic mass is 127. The van der Waals surface area contributed by atoms with E-state index >= 15 is 0 Å². The third-order valence-electron chi connectivity index (χ3n) is 4.66. The number of hydrogen-bond acceptors (Lipinski definition) is 4. The third-order valence-corrected chi connectivity index (χ3v) is 4.66. The summed E-state index contributed by atoms with van der Waals surface area (Å²) in [6.07, 6.45) is 6.96. The Labute approximate surface area is 192 Å². The fourth-order valence-electron chi connectivity index (χ4n) is 3.36. The first-order chi connectivity index (χ1) is 13.3. The van der Waals surface area contributed by atoms with Crippen LogP contribution < -0.4 is 15.5 Å². The van der Waals surface area contributed by atoms with Crippen LogP contribution in [0.3, 0.4) is 0 Å². The molecule has 0 bridgehead atoms. The number of guanidine groups is 1. The summed E-state index contributed by atoms with van der Waals surface area (Å²) in [5.41, 5.74) is 0.915. The number of aromatic nitrogens is 1. The minimum Gasteiger partial charge on any atom is -0.357 e. The number of carbonyl (C=O) groups is 1. The van der Waals surface area contributed by atoms with E-state index in [0.29, 0.717) is 12.5 Å². The molecule has 1 aromatic rings. The number of rotatable bonds is 5. The largest absolute Gasteiger partial charge is 0.357 e. The molecule has 1 saturated heterocycles. The van der Waals surface area contributed by atoms with Crippen molar-refractivity contribution in [2.45, 2.75) is 58.5 Å². The van der Waals surface area contributed by atoms with Crippen molar-refractivity contribution >= 4 is 41.7 Å². The number of carbonyl (C=O) groups excluding carboxylic acids is 1. The van der Waals surface area contributed by atoms with Crippen LogP contribution in [0, 0.1) is 0 Å². The van der Waals surface area contributed by atoms with Crippen molar-refractivity contribution < 1.29 is 4.79 Å². The lowest BCUT2D eigenvalue weighted by molar-refractivity contribution is -0.122. The molecule has 1 fully saturated rings. The van der Waals surface area contributed by atoms with Gasteiger partial charge in [0.1, 0.15) is 5.82 Å². The zero-order valence-corrected chi connectivity index (χ0v) is 20.8. The van der Waals surface area contributed by atoms with E-state index in [9.17, 15) is 4.79 Å². The van der Waals surface area contributed by atoms with Gasteiger partial charge in [0.05, 0.1) is 6.54 Å². The summed E-state index contributed by atoms with van der Waals surface area (Å²) < 4.78 is 0. The maximum Gasteiger partial charge on any atom is 0.240 e. The Morgan fingerprint density at radius 2 is 1.90 bits per heavy atom. The van der Waals surface area contributed by atoms with Crippen LogP contribution in [0.5, 0.6) is 0 Å². The van der Waals surface area contributed by atoms with Gasteiger partial charge in [0.15, 0.2) is 5.96 Å². The topological polar surface area (TPSA) is 72.9 Å². The Morgan fingerprint density at radius 3 is 2.48 bits per heavy atom. The van der Waals surface area contributed by atoms with Crippen LogP contribution in [-0.2, 0) is 11.3 Å². The monoisotopic (exact) mass is 516 g/mol. The molecule has 164 valence electrons. The van der Waals surface area contributed by atoms with Crippen molar-refractivity contribution in [3.8, 4) is 0 Å². The smallest absolute Gasteiger partial charge is 0.240 e. The molecule has 1 aliphatic rings. The summed E-state index contributed by atoms with van der Waals surface area (Å²) in [5, 5.41) is 6.32. The van der Waals surface area contributed by atoms with E-state index < -0.39 is 0 Å². The van der Waals surface area contributed by atoms with Gasteiger partial charge in [-0.15, -0.1) is 24.0 Å². The summed E-state index contributed by atoms with van der Waals surface area (Å²) in [5.74, 6) is 1.72. The van der Waals surface area contributed by atoms with E-state index in [1.807, 2.05) is 45.0 Å². The van der Waals surface area contributed by atoms with E-state index in [-0.39, 0.29) is 42.0 Å². The van der Waals surface area contributed by atoms with Crippen LogP contribution in [0.2, 0.25) is 0 Å². The third kappa shape index (κ3) is 9.18. The number of halogens is 1. The predicted octanol–water partition coefficient (Wildman–Crippen LogP) is 3.00. The van der Waals surface area contributed by atoms with Gasteiger partial charge in [0.25, 0.3) is 0 Å². The SMILES string of the molecule is CN=C(NCc1ccnc(N2CCCCCC2)c1)N(C)CC(=O)NC(C)(C)C.I. The zero-order chi connectivity index (χ0) is 20.6. The highest BCUT2D eigenvalue weighted by Crippen LogP contribution is 2.18. The Balaban J connectivity index is 0.00000420. The van der Waals surface area contributed by atoms with E-state index in [1.165, 1.54) is 25.7 Å². The van der Waals surface area contributed by atoms with E-state index in [2.05, 4.69) is 31.6 Å². The molecule has 1 amide bonds. The molecule has 29 heavy (non-hydrogen) atoms. The fourth-order valence-corrected chi connectivity index (χ4v) is 3.36. The minimum atomic E-state index is -0.240. The number of pyridine rings is 1. The van der Waals surface area contributed by atoms with E-state index in [1.54, 1.807) is 7.05 Å². The van der Waals surface area contributed by atoms with Crippen molar-refractivity contribution in [3.05, 3.63) is 23.9 Å². The van der Waals surface area contributed by atoms with Crippen LogP contribution in [0.15, 0.2) is 23.3 Å².